The maximum atomic E-state index is 11.7. The van der Waals surface area contributed by atoms with Crippen molar-refractivity contribution in [2.24, 2.45) is 0 Å². The van der Waals surface area contributed by atoms with Crippen LogP contribution in [0.1, 0.15) is 6.92 Å². The van der Waals surface area contributed by atoms with Crippen molar-refractivity contribution in [3.8, 4) is 5.75 Å². The lowest BCUT2D eigenvalue weighted by molar-refractivity contribution is 0.163. The van der Waals surface area contributed by atoms with Crippen LogP contribution < -0.4 is 15.2 Å². The molecule has 0 aliphatic carbocycles. The molecular weight excluding hydrogens is 256 g/mol. The van der Waals surface area contributed by atoms with Gasteiger partial charge in [0.1, 0.15) is 5.75 Å². The van der Waals surface area contributed by atoms with Gasteiger partial charge >= 0.3 is 0 Å². The fraction of sp³-hybridized carbons (Fsp3) is 0.455. The Kier molecular flexibility index (Phi) is 5.24. The molecule has 1 aromatic carbocycles. The van der Waals surface area contributed by atoms with Crippen molar-refractivity contribution in [2.75, 3.05) is 36.5 Å². The fourth-order valence-electron chi connectivity index (χ4n) is 1.34. The molecule has 102 valence electrons. The number of hydrogen-bond acceptors (Lipinski definition) is 5. The molecule has 0 saturated carbocycles. The highest BCUT2D eigenvalue weighted by atomic mass is 32.2. The average molecular weight is 274 g/mol. The van der Waals surface area contributed by atoms with Gasteiger partial charge in [-0.25, -0.2) is 8.42 Å². The molecule has 1 aromatic rings. The van der Waals surface area contributed by atoms with Gasteiger partial charge in [0.05, 0.1) is 30.8 Å². The lowest BCUT2D eigenvalue weighted by atomic mass is 10.2. The lowest BCUT2D eigenvalue weighted by Crippen LogP contribution is -2.20. The van der Waals surface area contributed by atoms with Gasteiger partial charge in [-0.1, -0.05) is 0 Å². The Morgan fingerprint density at radius 2 is 2.11 bits per heavy atom. The average Bonchev–Trinajstić information content (AvgIpc) is 2.29. The standard InChI is InChI=1S/C11H18N2O4S/c1-3-17-6-7-18(14,15)13-9-4-5-11(16-2)10(12)8-9/h4-5,8,13H,3,6-7,12H2,1-2H3. The summed E-state index contributed by atoms with van der Waals surface area (Å²) in [6.07, 6.45) is 0. The number of nitrogen functional groups attached to an aromatic ring is 1. The Morgan fingerprint density at radius 3 is 2.67 bits per heavy atom. The minimum atomic E-state index is -3.41. The Hall–Kier alpha value is -1.47. The Balaban J connectivity index is 2.69. The van der Waals surface area contributed by atoms with Crippen LogP contribution in [0.25, 0.3) is 0 Å². The lowest BCUT2D eigenvalue weighted by Gasteiger charge is -2.10. The van der Waals surface area contributed by atoms with Crippen LogP contribution in [-0.2, 0) is 14.8 Å². The number of ether oxygens (including phenoxy) is 2. The second kappa shape index (κ2) is 6.46. The fourth-order valence-corrected chi connectivity index (χ4v) is 2.27. The van der Waals surface area contributed by atoms with Crippen molar-refractivity contribution in [1.82, 2.24) is 0 Å². The number of nitrogens with two attached hydrogens (primary N) is 1. The number of rotatable bonds is 7. The molecule has 18 heavy (non-hydrogen) atoms. The summed E-state index contributed by atoms with van der Waals surface area (Å²) in [7, 11) is -1.92. The summed E-state index contributed by atoms with van der Waals surface area (Å²) in [6.45, 7) is 2.46. The van der Waals surface area contributed by atoms with Crippen molar-refractivity contribution in [3.63, 3.8) is 0 Å². The SMILES string of the molecule is CCOCCS(=O)(=O)Nc1ccc(OC)c(N)c1. The molecule has 0 unspecified atom stereocenters. The van der Waals surface area contributed by atoms with E-state index < -0.39 is 10.0 Å². The van der Waals surface area contributed by atoms with Gasteiger partial charge in [0, 0.05) is 6.61 Å². The predicted molar refractivity (Wildman–Crippen MR) is 71.3 cm³/mol. The second-order valence-electron chi connectivity index (χ2n) is 3.57. The van der Waals surface area contributed by atoms with Gasteiger partial charge in [0.15, 0.2) is 0 Å². The first-order valence-electron chi connectivity index (χ1n) is 5.50. The zero-order valence-corrected chi connectivity index (χ0v) is 11.3. The summed E-state index contributed by atoms with van der Waals surface area (Å²) in [5.41, 5.74) is 6.47. The molecule has 0 heterocycles. The van der Waals surface area contributed by atoms with Crippen LogP contribution in [0.4, 0.5) is 11.4 Å². The number of sulfonamides is 1. The molecule has 0 radical (unpaired) electrons. The Morgan fingerprint density at radius 1 is 1.39 bits per heavy atom. The van der Waals surface area contributed by atoms with Crippen LogP contribution in [0.3, 0.4) is 0 Å². The molecule has 0 aliphatic heterocycles. The van der Waals surface area contributed by atoms with Crippen LogP contribution in [0.15, 0.2) is 18.2 Å². The third-order valence-electron chi connectivity index (χ3n) is 2.20. The van der Waals surface area contributed by atoms with Gasteiger partial charge in [-0.05, 0) is 25.1 Å². The van der Waals surface area contributed by atoms with Gasteiger partial charge < -0.3 is 15.2 Å². The van der Waals surface area contributed by atoms with Gasteiger partial charge in [-0.15, -0.1) is 0 Å². The Labute approximate surface area is 107 Å². The zero-order chi connectivity index (χ0) is 13.6. The molecule has 3 N–H and O–H groups in total. The van der Waals surface area contributed by atoms with Crippen molar-refractivity contribution in [1.29, 1.82) is 0 Å². The normalized spacial score (nSPS) is 11.2. The molecule has 0 atom stereocenters. The van der Waals surface area contributed by atoms with Crippen LogP contribution in [0.2, 0.25) is 0 Å². The highest BCUT2D eigenvalue weighted by molar-refractivity contribution is 7.92. The van der Waals surface area contributed by atoms with E-state index in [9.17, 15) is 8.42 Å². The molecule has 0 bridgehead atoms. The summed E-state index contributed by atoms with van der Waals surface area (Å²) in [5.74, 6) is 0.416. The molecule has 0 amide bonds. The first-order valence-corrected chi connectivity index (χ1v) is 7.15. The van der Waals surface area contributed by atoms with E-state index in [4.69, 9.17) is 15.2 Å². The first-order chi connectivity index (χ1) is 8.48. The molecule has 7 heteroatoms. The smallest absolute Gasteiger partial charge is 0.235 e. The van der Waals surface area contributed by atoms with E-state index in [1.54, 1.807) is 12.1 Å². The van der Waals surface area contributed by atoms with Crippen LogP contribution in [0.5, 0.6) is 5.75 Å². The third-order valence-corrected chi connectivity index (χ3v) is 3.45. The van der Waals surface area contributed by atoms with Crippen LogP contribution in [-0.4, -0.2) is 34.5 Å². The molecule has 1 rings (SSSR count). The number of anilines is 2. The molecule has 0 spiro atoms. The first kappa shape index (κ1) is 14.6. The van der Waals surface area contributed by atoms with Crippen molar-refractivity contribution >= 4 is 21.4 Å². The zero-order valence-electron chi connectivity index (χ0n) is 10.5. The molecule has 0 aliphatic rings. The molecule has 0 saturated heterocycles. The summed E-state index contributed by atoms with van der Waals surface area (Å²) in [6, 6.07) is 4.71. The molecule has 0 aromatic heterocycles. The maximum absolute atomic E-state index is 11.7. The molecule has 0 fully saturated rings. The quantitative estimate of drug-likeness (QED) is 0.573. The number of hydrogen-bond donors (Lipinski definition) is 2. The van der Waals surface area contributed by atoms with Gasteiger partial charge in [0.2, 0.25) is 10.0 Å². The van der Waals surface area contributed by atoms with Gasteiger partial charge in [-0.3, -0.25) is 4.72 Å². The maximum Gasteiger partial charge on any atom is 0.235 e. The summed E-state index contributed by atoms with van der Waals surface area (Å²) < 4.78 is 35.8. The third kappa shape index (κ3) is 4.42. The molecular formula is C11H18N2O4S. The minimum absolute atomic E-state index is 0.0905. The summed E-state index contributed by atoms with van der Waals surface area (Å²) in [5, 5.41) is 0. The van der Waals surface area contributed by atoms with E-state index >= 15 is 0 Å². The van der Waals surface area contributed by atoms with Gasteiger partial charge in [-0.2, -0.15) is 0 Å². The number of nitrogens with one attached hydrogen (secondary N) is 1. The summed E-state index contributed by atoms with van der Waals surface area (Å²) >= 11 is 0. The van der Waals surface area contributed by atoms with E-state index in [2.05, 4.69) is 4.72 Å². The monoisotopic (exact) mass is 274 g/mol. The number of methoxy groups -OCH3 is 1. The van der Waals surface area contributed by atoms with E-state index in [1.807, 2.05) is 6.92 Å². The molecule has 6 nitrogen and oxygen atoms in total. The van der Waals surface area contributed by atoms with Crippen molar-refractivity contribution in [2.45, 2.75) is 6.92 Å². The van der Waals surface area contributed by atoms with Crippen LogP contribution in [0, 0.1) is 0 Å². The number of benzene rings is 1. The van der Waals surface area contributed by atoms with Crippen molar-refractivity contribution < 1.29 is 17.9 Å². The van der Waals surface area contributed by atoms with E-state index in [1.165, 1.54) is 13.2 Å². The van der Waals surface area contributed by atoms with E-state index in [0.717, 1.165) is 0 Å². The van der Waals surface area contributed by atoms with E-state index in [-0.39, 0.29) is 12.4 Å². The Bertz CT molecular complexity index is 488. The summed E-state index contributed by atoms with van der Waals surface area (Å²) in [4.78, 5) is 0. The van der Waals surface area contributed by atoms with Crippen LogP contribution >= 0.6 is 0 Å². The highest BCUT2D eigenvalue weighted by Gasteiger charge is 2.11. The minimum Gasteiger partial charge on any atom is -0.495 e. The van der Waals surface area contributed by atoms with Gasteiger partial charge in [0.25, 0.3) is 0 Å². The second-order valence-corrected chi connectivity index (χ2v) is 5.42. The topological polar surface area (TPSA) is 90.7 Å². The van der Waals surface area contributed by atoms with Crippen molar-refractivity contribution in [3.05, 3.63) is 18.2 Å². The largest absolute Gasteiger partial charge is 0.495 e. The van der Waals surface area contributed by atoms with E-state index in [0.29, 0.717) is 23.7 Å². The highest BCUT2D eigenvalue weighted by Crippen LogP contribution is 2.25. The predicted octanol–water partition coefficient (Wildman–Crippen LogP) is 1.06.